The van der Waals surface area contributed by atoms with Crippen molar-refractivity contribution in [3.05, 3.63) is 17.9 Å². The van der Waals surface area contributed by atoms with Gasteiger partial charge in [0.25, 0.3) is 0 Å². The minimum absolute atomic E-state index is 0.0154. The molecule has 1 aromatic rings. The Balaban J connectivity index is 2.45. The van der Waals surface area contributed by atoms with E-state index in [0.717, 1.165) is 25.3 Å². The number of nitrogens with two attached hydrogens (primary N) is 1. The fraction of sp³-hybridized carbons (Fsp3) is 0.538. The Morgan fingerprint density at radius 1 is 1.50 bits per heavy atom. The second-order valence-electron chi connectivity index (χ2n) is 4.85. The number of hydrogen-bond donors (Lipinski definition) is 1. The van der Waals surface area contributed by atoms with Gasteiger partial charge in [0.2, 0.25) is 10.0 Å². The van der Waals surface area contributed by atoms with Gasteiger partial charge in [0, 0.05) is 12.6 Å². The zero-order chi connectivity index (χ0) is 14.9. The quantitative estimate of drug-likeness (QED) is 0.863. The number of nitrogen functional groups attached to an aromatic ring is 1. The molecule has 5 nitrogen and oxygen atoms in total. The lowest BCUT2D eigenvalue weighted by Crippen LogP contribution is -2.35. The molecular weight excluding hydrogens is 283 g/mol. The van der Waals surface area contributed by atoms with E-state index in [9.17, 15) is 12.8 Å². The molecule has 0 saturated carbocycles. The fourth-order valence-corrected chi connectivity index (χ4v) is 4.44. The summed E-state index contributed by atoms with van der Waals surface area (Å²) in [5.41, 5.74) is 5.63. The molecule has 7 heteroatoms. The zero-order valence-corrected chi connectivity index (χ0v) is 12.4. The van der Waals surface area contributed by atoms with E-state index in [1.54, 1.807) is 0 Å². The molecule has 0 amide bonds. The molecule has 1 atom stereocenters. The number of sulfonamides is 1. The molecule has 112 valence electrons. The van der Waals surface area contributed by atoms with Crippen LogP contribution in [-0.2, 0) is 10.0 Å². The molecule has 20 heavy (non-hydrogen) atoms. The second kappa shape index (κ2) is 5.57. The third-order valence-electron chi connectivity index (χ3n) is 3.65. The Morgan fingerprint density at radius 2 is 2.20 bits per heavy atom. The summed E-state index contributed by atoms with van der Waals surface area (Å²) in [7, 11) is -2.42. The molecule has 0 aliphatic carbocycles. The van der Waals surface area contributed by atoms with E-state index >= 15 is 0 Å². The smallest absolute Gasteiger partial charge is 0.243 e. The summed E-state index contributed by atoms with van der Waals surface area (Å²) < 4.78 is 45.2. The first-order valence-corrected chi connectivity index (χ1v) is 8.00. The summed E-state index contributed by atoms with van der Waals surface area (Å²) in [6.45, 7) is 2.41. The van der Waals surface area contributed by atoms with Gasteiger partial charge in [-0.05, 0) is 31.4 Å². The highest BCUT2D eigenvalue weighted by Crippen LogP contribution is 2.33. The molecule has 2 rings (SSSR count). The Hall–Kier alpha value is -1.34. The first-order chi connectivity index (χ1) is 9.41. The summed E-state index contributed by atoms with van der Waals surface area (Å²) in [6.07, 6.45) is 2.41. The van der Waals surface area contributed by atoms with Crippen molar-refractivity contribution >= 4 is 15.7 Å². The van der Waals surface area contributed by atoms with Crippen molar-refractivity contribution in [1.29, 1.82) is 0 Å². The number of nitrogens with zero attached hydrogens (tertiary/aromatic N) is 1. The van der Waals surface area contributed by atoms with E-state index in [4.69, 9.17) is 10.5 Å². The lowest BCUT2D eigenvalue weighted by molar-refractivity contribution is 0.377. The van der Waals surface area contributed by atoms with Gasteiger partial charge in [-0.2, -0.15) is 4.31 Å². The SMILES string of the molecule is CCC1CCCN1S(=O)(=O)c1cc(N)c(OC)c(F)c1. The van der Waals surface area contributed by atoms with Gasteiger partial charge in [-0.3, -0.25) is 0 Å². The molecule has 1 fully saturated rings. The average Bonchev–Trinajstić information content (AvgIpc) is 2.87. The summed E-state index contributed by atoms with van der Waals surface area (Å²) in [5.74, 6) is -0.893. The van der Waals surface area contributed by atoms with Crippen molar-refractivity contribution < 1.29 is 17.5 Å². The predicted molar refractivity (Wildman–Crippen MR) is 74.6 cm³/mol. The number of halogens is 1. The number of methoxy groups -OCH3 is 1. The molecule has 2 N–H and O–H groups in total. The van der Waals surface area contributed by atoms with Crippen molar-refractivity contribution in [2.24, 2.45) is 0 Å². The molecule has 1 aliphatic heterocycles. The van der Waals surface area contributed by atoms with Gasteiger partial charge in [-0.25, -0.2) is 12.8 Å². The summed E-state index contributed by atoms with van der Waals surface area (Å²) in [5, 5.41) is 0. The highest BCUT2D eigenvalue weighted by atomic mass is 32.2. The topological polar surface area (TPSA) is 72.6 Å². The van der Waals surface area contributed by atoms with Crippen LogP contribution in [0, 0.1) is 5.82 Å². The predicted octanol–water partition coefficient (Wildman–Crippen LogP) is 1.98. The maximum absolute atomic E-state index is 13.8. The lowest BCUT2D eigenvalue weighted by Gasteiger charge is -2.23. The van der Waals surface area contributed by atoms with Gasteiger partial charge in [0.1, 0.15) is 0 Å². The van der Waals surface area contributed by atoms with Crippen LogP contribution in [0.25, 0.3) is 0 Å². The van der Waals surface area contributed by atoms with Gasteiger partial charge in [0.05, 0.1) is 17.7 Å². The van der Waals surface area contributed by atoms with Crippen molar-refractivity contribution in [1.82, 2.24) is 4.31 Å². The third-order valence-corrected chi connectivity index (χ3v) is 5.58. The summed E-state index contributed by atoms with van der Waals surface area (Å²) in [6, 6.07) is 2.20. The van der Waals surface area contributed by atoms with Crippen molar-refractivity contribution in [2.75, 3.05) is 19.4 Å². The first-order valence-electron chi connectivity index (χ1n) is 6.56. The van der Waals surface area contributed by atoms with Crippen LogP contribution in [0.1, 0.15) is 26.2 Å². The van der Waals surface area contributed by atoms with Crippen molar-refractivity contribution in [2.45, 2.75) is 37.1 Å². The van der Waals surface area contributed by atoms with Crippen LogP contribution in [0.3, 0.4) is 0 Å². The van der Waals surface area contributed by atoms with Crippen molar-refractivity contribution in [3.8, 4) is 5.75 Å². The van der Waals surface area contributed by atoms with E-state index in [1.807, 2.05) is 6.92 Å². The summed E-state index contributed by atoms with van der Waals surface area (Å²) in [4.78, 5) is -0.117. The minimum Gasteiger partial charge on any atom is -0.492 e. The van der Waals surface area contributed by atoms with Gasteiger partial charge in [0.15, 0.2) is 11.6 Å². The Bertz CT molecular complexity index is 581. The Morgan fingerprint density at radius 3 is 2.75 bits per heavy atom. The molecular formula is C13H19FN2O3S. The molecule has 1 unspecified atom stereocenters. The molecule has 1 saturated heterocycles. The number of hydrogen-bond acceptors (Lipinski definition) is 4. The standard InChI is InChI=1S/C13H19FN2O3S/c1-3-9-5-4-6-16(9)20(17,18)10-7-11(14)13(19-2)12(15)8-10/h7-9H,3-6,15H2,1-2H3. The number of rotatable bonds is 4. The van der Waals surface area contributed by atoms with Crippen LogP contribution in [0.15, 0.2) is 17.0 Å². The van der Waals surface area contributed by atoms with Crippen LogP contribution >= 0.6 is 0 Å². The maximum atomic E-state index is 13.8. The van der Waals surface area contributed by atoms with Crippen LogP contribution < -0.4 is 10.5 Å². The number of ether oxygens (including phenoxy) is 1. The van der Waals surface area contributed by atoms with E-state index in [1.165, 1.54) is 17.5 Å². The fourth-order valence-electron chi connectivity index (χ4n) is 2.62. The van der Waals surface area contributed by atoms with Gasteiger partial charge < -0.3 is 10.5 Å². The van der Waals surface area contributed by atoms with Crippen molar-refractivity contribution in [3.63, 3.8) is 0 Å². The molecule has 0 spiro atoms. The molecule has 1 aromatic carbocycles. The highest BCUT2D eigenvalue weighted by Gasteiger charge is 2.34. The first kappa shape index (κ1) is 15.1. The largest absolute Gasteiger partial charge is 0.492 e. The van der Waals surface area contributed by atoms with Gasteiger partial charge >= 0.3 is 0 Å². The van der Waals surface area contributed by atoms with Gasteiger partial charge in [-0.1, -0.05) is 6.92 Å². The molecule has 1 aliphatic rings. The second-order valence-corrected chi connectivity index (χ2v) is 6.74. The lowest BCUT2D eigenvalue weighted by atomic mass is 10.2. The normalized spacial score (nSPS) is 20.2. The third kappa shape index (κ3) is 2.47. The van der Waals surface area contributed by atoms with Gasteiger partial charge in [-0.15, -0.1) is 0 Å². The van der Waals surface area contributed by atoms with Crippen LogP contribution in [0.2, 0.25) is 0 Å². The van der Waals surface area contributed by atoms with E-state index in [0.29, 0.717) is 6.54 Å². The molecule has 1 heterocycles. The molecule has 0 aromatic heterocycles. The highest BCUT2D eigenvalue weighted by molar-refractivity contribution is 7.89. The molecule has 0 bridgehead atoms. The Labute approximate surface area is 118 Å². The van der Waals surface area contributed by atoms with E-state index in [2.05, 4.69) is 0 Å². The average molecular weight is 302 g/mol. The zero-order valence-electron chi connectivity index (χ0n) is 11.6. The van der Waals surface area contributed by atoms with Crippen LogP contribution in [0.5, 0.6) is 5.75 Å². The monoisotopic (exact) mass is 302 g/mol. The number of anilines is 1. The number of benzene rings is 1. The molecule has 0 radical (unpaired) electrons. The summed E-state index contributed by atoms with van der Waals surface area (Å²) >= 11 is 0. The van der Waals surface area contributed by atoms with Crippen LogP contribution in [0.4, 0.5) is 10.1 Å². The van der Waals surface area contributed by atoms with E-state index in [-0.39, 0.29) is 22.4 Å². The maximum Gasteiger partial charge on any atom is 0.243 e. The van der Waals surface area contributed by atoms with Crippen LogP contribution in [-0.4, -0.2) is 32.4 Å². The Kier molecular flexibility index (Phi) is 4.19. The minimum atomic E-state index is -3.71. The van der Waals surface area contributed by atoms with E-state index < -0.39 is 15.8 Å².